The Labute approximate surface area is 156 Å². The second kappa shape index (κ2) is 7.14. The molecule has 4 nitrogen and oxygen atoms in total. The second-order valence-electron chi connectivity index (χ2n) is 7.50. The largest absolute Gasteiger partial charge is 0.297 e. The minimum atomic E-state index is -3.47. The Morgan fingerprint density at radius 1 is 0.962 bits per heavy atom. The van der Waals surface area contributed by atoms with Gasteiger partial charge >= 0.3 is 0 Å². The van der Waals surface area contributed by atoms with Crippen LogP contribution in [-0.2, 0) is 16.4 Å². The lowest BCUT2D eigenvalue weighted by Crippen LogP contribution is -2.56. The minimum Gasteiger partial charge on any atom is -0.297 e. The van der Waals surface area contributed by atoms with E-state index < -0.39 is 10.0 Å². The molecule has 0 spiro atoms. The summed E-state index contributed by atoms with van der Waals surface area (Å²) in [5.74, 6) is 0. The van der Waals surface area contributed by atoms with Crippen molar-refractivity contribution in [3.63, 3.8) is 0 Å². The third-order valence-corrected chi connectivity index (χ3v) is 7.43. The van der Waals surface area contributed by atoms with Crippen LogP contribution in [0.3, 0.4) is 0 Å². The van der Waals surface area contributed by atoms with Crippen molar-refractivity contribution in [2.45, 2.75) is 43.2 Å². The minimum absolute atomic E-state index is 0.0157. The van der Waals surface area contributed by atoms with E-state index in [-0.39, 0.29) is 6.04 Å². The SMILES string of the molecule is Cc1ccc(S(=O)(=O)N2CCN(C3CC3)CC2Cc2ccccc2)cc1. The van der Waals surface area contributed by atoms with Gasteiger partial charge in [0.25, 0.3) is 0 Å². The number of sulfonamides is 1. The molecule has 26 heavy (non-hydrogen) atoms. The quantitative estimate of drug-likeness (QED) is 0.812. The van der Waals surface area contributed by atoms with E-state index in [1.54, 1.807) is 16.4 Å². The molecule has 1 aliphatic carbocycles. The molecule has 0 amide bonds. The highest BCUT2D eigenvalue weighted by Crippen LogP contribution is 2.31. The molecule has 138 valence electrons. The van der Waals surface area contributed by atoms with Gasteiger partial charge in [-0.15, -0.1) is 0 Å². The van der Waals surface area contributed by atoms with Crippen molar-refractivity contribution >= 4 is 10.0 Å². The lowest BCUT2D eigenvalue weighted by Gasteiger charge is -2.41. The van der Waals surface area contributed by atoms with Gasteiger partial charge in [0.2, 0.25) is 10.0 Å². The van der Waals surface area contributed by atoms with Gasteiger partial charge in [-0.25, -0.2) is 8.42 Å². The van der Waals surface area contributed by atoms with Crippen molar-refractivity contribution in [1.29, 1.82) is 0 Å². The van der Waals surface area contributed by atoms with Gasteiger partial charge in [0.15, 0.2) is 0 Å². The van der Waals surface area contributed by atoms with Crippen molar-refractivity contribution < 1.29 is 8.42 Å². The fraction of sp³-hybridized carbons (Fsp3) is 0.429. The first-order valence-corrected chi connectivity index (χ1v) is 10.8. The van der Waals surface area contributed by atoms with Crippen LogP contribution in [0.1, 0.15) is 24.0 Å². The summed E-state index contributed by atoms with van der Waals surface area (Å²) in [4.78, 5) is 2.88. The van der Waals surface area contributed by atoms with E-state index in [0.717, 1.165) is 25.1 Å². The Bertz CT molecular complexity index is 845. The van der Waals surface area contributed by atoms with Crippen LogP contribution < -0.4 is 0 Å². The van der Waals surface area contributed by atoms with Gasteiger partial charge < -0.3 is 0 Å². The summed E-state index contributed by atoms with van der Waals surface area (Å²) in [5, 5.41) is 0. The summed E-state index contributed by atoms with van der Waals surface area (Å²) in [6.45, 7) is 4.21. The molecule has 0 bridgehead atoms. The summed E-state index contributed by atoms with van der Waals surface area (Å²) in [6.07, 6.45) is 3.26. The van der Waals surface area contributed by atoms with E-state index >= 15 is 0 Å². The zero-order valence-corrected chi connectivity index (χ0v) is 16.0. The molecule has 2 aromatic carbocycles. The number of hydrogen-bond acceptors (Lipinski definition) is 3. The van der Waals surface area contributed by atoms with Crippen molar-refractivity contribution in [2.75, 3.05) is 19.6 Å². The third-order valence-electron chi connectivity index (χ3n) is 5.47. The van der Waals surface area contributed by atoms with Gasteiger partial charge in [-0.2, -0.15) is 4.31 Å². The van der Waals surface area contributed by atoms with Crippen molar-refractivity contribution in [3.05, 3.63) is 65.7 Å². The molecule has 1 saturated heterocycles. The van der Waals surface area contributed by atoms with Crippen LogP contribution >= 0.6 is 0 Å². The second-order valence-corrected chi connectivity index (χ2v) is 9.39. The van der Waals surface area contributed by atoms with Crippen molar-refractivity contribution in [1.82, 2.24) is 9.21 Å². The lowest BCUT2D eigenvalue weighted by atomic mass is 10.0. The Morgan fingerprint density at radius 3 is 2.31 bits per heavy atom. The first kappa shape index (κ1) is 17.7. The Kier molecular flexibility index (Phi) is 4.86. The molecular formula is C21H26N2O2S. The number of nitrogens with zero attached hydrogens (tertiary/aromatic N) is 2. The molecule has 2 fully saturated rings. The summed E-state index contributed by atoms with van der Waals surface area (Å²) < 4.78 is 28.3. The predicted octanol–water partition coefficient (Wildman–Crippen LogP) is 3.08. The topological polar surface area (TPSA) is 40.6 Å². The lowest BCUT2D eigenvalue weighted by molar-refractivity contribution is 0.128. The molecule has 0 radical (unpaired) electrons. The van der Waals surface area contributed by atoms with E-state index in [2.05, 4.69) is 17.0 Å². The van der Waals surface area contributed by atoms with E-state index in [9.17, 15) is 8.42 Å². The molecule has 5 heteroatoms. The highest BCUT2D eigenvalue weighted by Gasteiger charge is 2.40. The van der Waals surface area contributed by atoms with Crippen LogP contribution in [0.4, 0.5) is 0 Å². The molecule has 0 aromatic heterocycles. The Hall–Kier alpha value is -1.69. The normalized spacial score (nSPS) is 22.4. The molecule has 1 atom stereocenters. The first-order valence-electron chi connectivity index (χ1n) is 9.40. The summed E-state index contributed by atoms with van der Waals surface area (Å²) in [6, 6.07) is 18.1. The summed E-state index contributed by atoms with van der Waals surface area (Å²) >= 11 is 0. The Balaban J connectivity index is 1.62. The average Bonchev–Trinajstić information content (AvgIpc) is 3.48. The maximum atomic E-state index is 13.3. The van der Waals surface area contributed by atoms with Crippen LogP contribution in [-0.4, -0.2) is 49.3 Å². The molecule has 4 rings (SSSR count). The molecule has 0 N–H and O–H groups in total. The van der Waals surface area contributed by atoms with Gasteiger partial charge in [0.05, 0.1) is 4.90 Å². The standard InChI is InChI=1S/C21H26N2O2S/c1-17-7-11-21(12-8-17)26(24,25)23-14-13-22(19-9-10-19)16-20(23)15-18-5-3-2-4-6-18/h2-8,11-12,19-20H,9-10,13-16H2,1H3. The van der Waals surface area contributed by atoms with Crippen LogP contribution in [0.2, 0.25) is 0 Å². The molecule has 2 aliphatic rings. The van der Waals surface area contributed by atoms with E-state index in [1.165, 1.54) is 18.4 Å². The molecule has 1 unspecified atom stereocenters. The monoisotopic (exact) mass is 370 g/mol. The molecule has 1 saturated carbocycles. The number of benzene rings is 2. The van der Waals surface area contributed by atoms with E-state index in [0.29, 0.717) is 17.5 Å². The maximum Gasteiger partial charge on any atom is 0.243 e. The van der Waals surface area contributed by atoms with Crippen LogP contribution in [0.25, 0.3) is 0 Å². The summed E-state index contributed by atoms with van der Waals surface area (Å²) in [7, 11) is -3.47. The van der Waals surface area contributed by atoms with Crippen LogP contribution in [0.15, 0.2) is 59.5 Å². The van der Waals surface area contributed by atoms with Crippen LogP contribution in [0.5, 0.6) is 0 Å². The van der Waals surface area contributed by atoms with Gasteiger partial charge in [0.1, 0.15) is 0 Å². The number of hydrogen-bond donors (Lipinski definition) is 0. The third kappa shape index (κ3) is 3.70. The zero-order chi connectivity index (χ0) is 18.1. The molecular weight excluding hydrogens is 344 g/mol. The van der Waals surface area contributed by atoms with E-state index in [1.807, 2.05) is 37.3 Å². The number of piperazine rings is 1. The van der Waals surface area contributed by atoms with Crippen molar-refractivity contribution in [2.24, 2.45) is 0 Å². The molecule has 1 heterocycles. The maximum absolute atomic E-state index is 13.3. The first-order chi connectivity index (χ1) is 12.5. The number of aryl methyl sites for hydroxylation is 1. The molecule has 1 aliphatic heterocycles. The zero-order valence-electron chi connectivity index (χ0n) is 15.2. The van der Waals surface area contributed by atoms with Crippen LogP contribution in [0, 0.1) is 6.92 Å². The highest BCUT2D eigenvalue weighted by atomic mass is 32.2. The number of rotatable bonds is 5. The van der Waals surface area contributed by atoms with Gasteiger partial charge in [0, 0.05) is 31.7 Å². The average molecular weight is 371 g/mol. The van der Waals surface area contributed by atoms with E-state index in [4.69, 9.17) is 0 Å². The summed E-state index contributed by atoms with van der Waals surface area (Å²) in [5.41, 5.74) is 2.27. The predicted molar refractivity (Wildman–Crippen MR) is 104 cm³/mol. The van der Waals surface area contributed by atoms with Crippen molar-refractivity contribution in [3.8, 4) is 0 Å². The highest BCUT2D eigenvalue weighted by molar-refractivity contribution is 7.89. The van der Waals surface area contributed by atoms with Gasteiger partial charge in [-0.3, -0.25) is 4.90 Å². The fourth-order valence-corrected chi connectivity index (χ4v) is 5.46. The van der Waals surface area contributed by atoms with Gasteiger partial charge in [-0.1, -0.05) is 48.0 Å². The molecule has 2 aromatic rings. The Morgan fingerprint density at radius 2 is 1.65 bits per heavy atom. The fourth-order valence-electron chi connectivity index (χ4n) is 3.85. The smallest absolute Gasteiger partial charge is 0.243 e. The van der Waals surface area contributed by atoms with Gasteiger partial charge in [-0.05, 0) is 43.9 Å².